The number of carbonyl (C=O) groups is 1. The molecule has 0 spiro atoms. The number of nitrogens with zero attached hydrogens (tertiary/aromatic N) is 3. The van der Waals surface area contributed by atoms with E-state index < -0.39 is 54.3 Å². The van der Waals surface area contributed by atoms with Crippen molar-refractivity contribution in [1.82, 2.24) is 15.0 Å². The molecule has 0 aliphatic carbocycles. The van der Waals surface area contributed by atoms with Gasteiger partial charge in [-0.25, -0.2) is 9.48 Å². The van der Waals surface area contributed by atoms with Crippen LogP contribution in [0.2, 0.25) is 0 Å². The lowest BCUT2D eigenvalue weighted by Crippen LogP contribution is -2.51. The van der Waals surface area contributed by atoms with Gasteiger partial charge in [-0.15, -0.1) is 5.10 Å². The van der Waals surface area contributed by atoms with Gasteiger partial charge in [-0.2, -0.15) is 0 Å². The molecule has 3 fully saturated rings. The molecule has 0 saturated carbocycles. The van der Waals surface area contributed by atoms with Crippen molar-refractivity contribution in [2.45, 2.75) is 82.4 Å². The number of aromatic hydroxyl groups is 1. The molecular weight excluding hydrogens is 446 g/mol. The summed E-state index contributed by atoms with van der Waals surface area (Å²) in [5.74, 6) is -2.00. The first-order valence-corrected chi connectivity index (χ1v) is 11.2. The molecule has 1 aromatic heterocycles. The van der Waals surface area contributed by atoms with Crippen LogP contribution in [0.5, 0.6) is 5.75 Å². The molecule has 3 aliphatic rings. The van der Waals surface area contributed by atoms with Crippen LogP contribution >= 0.6 is 0 Å². The van der Waals surface area contributed by atoms with Crippen molar-refractivity contribution in [2.24, 2.45) is 0 Å². The van der Waals surface area contributed by atoms with E-state index in [9.17, 15) is 9.90 Å². The van der Waals surface area contributed by atoms with Gasteiger partial charge in [-0.1, -0.05) is 17.3 Å². The lowest BCUT2D eigenvalue weighted by Gasteiger charge is -2.36. The highest BCUT2D eigenvalue weighted by atomic mass is 16.9. The fourth-order valence-corrected chi connectivity index (χ4v) is 4.70. The topological polar surface area (TPSA) is 123 Å². The van der Waals surface area contributed by atoms with Gasteiger partial charge in [0, 0.05) is 6.42 Å². The molecule has 3 saturated heterocycles. The fraction of sp³-hybridized carbons (Fsp3) is 0.609. The highest BCUT2D eigenvalue weighted by Crippen LogP contribution is 2.48. The monoisotopic (exact) mass is 475 g/mol. The molecule has 5 rings (SSSR count). The van der Waals surface area contributed by atoms with Crippen LogP contribution in [0.15, 0.2) is 30.5 Å². The van der Waals surface area contributed by atoms with E-state index in [0.717, 1.165) is 5.56 Å². The molecule has 184 valence electrons. The summed E-state index contributed by atoms with van der Waals surface area (Å²) in [5.41, 5.74) is 1.30. The van der Waals surface area contributed by atoms with Crippen LogP contribution < -0.4 is 0 Å². The number of esters is 1. The Morgan fingerprint density at radius 2 is 1.71 bits per heavy atom. The number of hydrogen-bond donors (Lipinski definition) is 1. The second kappa shape index (κ2) is 8.28. The molecule has 1 aromatic carbocycles. The minimum Gasteiger partial charge on any atom is -0.508 e. The van der Waals surface area contributed by atoms with E-state index in [0.29, 0.717) is 12.1 Å². The molecule has 4 heterocycles. The Morgan fingerprint density at radius 3 is 2.41 bits per heavy atom. The van der Waals surface area contributed by atoms with Gasteiger partial charge in [0.2, 0.25) is 0 Å². The molecule has 0 bridgehead atoms. The average Bonchev–Trinajstić information content (AvgIpc) is 3.46. The van der Waals surface area contributed by atoms with Crippen LogP contribution in [-0.4, -0.2) is 69.4 Å². The zero-order valence-corrected chi connectivity index (χ0v) is 19.7. The molecule has 1 N–H and O–H groups in total. The summed E-state index contributed by atoms with van der Waals surface area (Å²) in [6.07, 6.45) is -0.754. The zero-order valence-electron chi connectivity index (χ0n) is 19.7. The average molecular weight is 475 g/mol. The molecule has 11 heteroatoms. The second-order valence-corrected chi connectivity index (χ2v) is 9.62. The van der Waals surface area contributed by atoms with Crippen molar-refractivity contribution in [3.63, 3.8) is 0 Å². The third kappa shape index (κ3) is 4.29. The number of ether oxygens (including phenoxy) is 6. The number of fused-ring (bicyclic) bond motifs is 3. The van der Waals surface area contributed by atoms with E-state index in [2.05, 4.69) is 10.3 Å². The number of rotatable bonds is 5. The van der Waals surface area contributed by atoms with Gasteiger partial charge < -0.3 is 33.5 Å². The van der Waals surface area contributed by atoms with Crippen LogP contribution in [0.25, 0.3) is 0 Å². The van der Waals surface area contributed by atoms with E-state index in [1.54, 1.807) is 30.5 Å². The highest BCUT2D eigenvalue weighted by molar-refractivity contribution is 5.74. The maximum atomic E-state index is 12.6. The van der Waals surface area contributed by atoms with Gasteiger partial charge in [0.05, 0.1) is 13.3 Å². The molecule has 3 aliphatic heterocycles. The van der Waals surface area contributed by atoms with Crippen molar-refractivity contribution in [2.75, 3.05) is 7.11 Å². The van der Waals surface area contributed by atoms with Gasteiger partial charge in [0.15, 0.2) is 23.9 Å². The van der Waals surface area contributed by atoms with Crippen molar-refractivity contribution in [3.8, 4) is 5.75 Å². The number of methoxy groups -OCH3 is 1. The summed E-state index contributed by atoms with van der Waals surface area (Å²) in [4.78, 5) is 12.6. The standard InChI is InChI=1S/C23H29N3O8/c1-22(2)31-17-16(30-21-19(18(17)32-22)33-23(3,4)34-21)14-11-26(25-24-14)15(20(28)29-5)10-12-6-8-13(27)9-7-12/h6-9,11,15-19,21,27H,10H2,1-5H3/t15-,16?,17-,18?,19?,21+/m0/s1. The van der Waals surface area contributed by atoms with Crippen molar-refractivity contribution in [1.29, 1.82) is 0 Å². The number of aromatic nitrogens is 3. The van der Waals surface area contributed by atoms with Crippen LogP contribution in [0.4, 0.5) is 0 Å². The van der Waals surface area contributed by atoms with Gasteiger partial charge in [0.1, 0.15) is 35.9 Å². The lowest BCUT2D eigenvalue weighted by molar-refractivity contribution is -0.237. The summed E-state index contributed by atoms with van der Waals surface area (Å²) in [6.45, 7) is 7.31. The normalized spacial score (nSPS) is 32.1. The minimum atomic E-state index is -0.842. The molecular formula is C23H29N3O8. The molecule has 0 radical (unpaired) electrons. The van der Waals surface area contributed by atoms with E-state index >= 15 is 0 Å². The Kier molecular flexibility index (Phi) is 5.64. The number of carbonyl (C=O) groups excluding carboxylic acids is 1. The van der Waals surface area contributed by atoms with Crippen molar-refractivity contribution < 1.29 is 38.3 Å². The van der Waals surface area contributed by atoms with Gasteiger partial charge in [-0.05, 0) is 45.4 Å². The molecule has 3 unspecified atom stereocenters. The van der Waals surface area contributed by atoms with Crippen LogP contribution in [0.3, 0.4) is 0 Å². The van der Waals surface area contributed by atoms with E-state index in [4.69, 9.17) is 28.4 Å². The number of phenolic OH excluding ortho intramolecular Hbond substituents is 1. The van der Waals surface area contributed by atoms with Crippen LogP contribution in [0, 0.1) is 0 Å². The highest BCUT2D eigenvalue weighted by Gasteiger charge is 2.61. The lowest BCUT2D eigenvalue weighted by atomic mass is 9.97. The Balaban J connectivity index is 1.43. The predicted octanol–water partition coefficient (Wildman–Crippen LogP) is 2.01. The van der Waals surface area contributed by atoms with Crippen molar-refractivity contribution >= 4 is 5.97 Å². The molecule has 2 aromatic rings. The molecule has 6 atom stereocenters. The third-order valence-electron chi connectivity index (χ3n) is 6.13. The fourth-order valence-electron chi connectivity index (χ4n) is 4.70. The zero-order chi connectivity index (χ0) is 24.3. The quantitative estimate of drug-likeness (QED) is 0.642. The first kappa shape index (κ1) is 23.2. The largest absolute Gasteiger partial charge is 0.508 e. The SMILES string of the molecule is COC(=O)[C@H](Cc1ccc(O)cc1)n1cc(C2O[C@@H]3OC(C)(C)OC3C3OC(C)(C)O[C@@H]23)nn1. The van der Waals surface area contributed by atoms with Gasteiger partial charge in [-0.3, -0.25) is 0 Å². The van der Waals surface area contributed by atoms with E-state index in [1.165, 1.54) is 11.8 Å². The van der Waals surface area contributed by atoms with Crippen LogP contribution in [0.1, 0.15) is 51.1 Å². The first-order valence-electron chi connectivity index (χ1n) is 11.2. The van der Waals surface area contributed by atoms with Gasteiger partial charge in [0.25, 0.3) is 0 Å². The second-order valence-electron chi connectivity index (χ2n) is 9.62. The van der Waals surface area contributed by atoms with E-state index in [1.807, 2.05) is 27.7 Å². The summed E-state index contributed by atoms with van der Waals surface area (Å²) in [7, 11) is 1.32. The van der Waals surface area contributed by atoms with Crippen LogP contribution in [-0.2, 0) is 39.6 Å². The summed E-state index contributed by atoms with van der Waals surface area (Å²) in [6, 6.07) is 5.84. The molecule has 0 amide bonds. The Bertz CT molecular complexity index is 1050. The maximum absolute atomic E-state index is 12.6. The summed E-state index contributed by atoms with van der Waals surface area (Å²) in [5, 5.41) is 18.1. The molecule has 11 nitrogen and oxygen atoms in total. The predicted molar refractivity (Wildman–Crippen MR) is 114 cm³/mol. The smallest absolute Gasteiger partial charge is 0.331 e. The number of phenols is 1. The van der Waals surface area contributed by atoms with Gasteiger partial charge >= 0.3 is 5.97 Å². The summed E-state index contributed by atoms with van der Waals surface area (Å²) < 4.78 is 37.0. The Labute approximate surface area is 196 Å². The van der Waals surface area contributed by atoms with Crippen molar-refractivity contribution in [3.05, 3.63) is 41.7 Å². The Morgan fingerprint density at radius 1 is 1.06 bits per heavy atom. The minimum absolute atomic E-state index is 0.145. The summed E-state index contributed by atoms with van der Waals surface area (Å²) >= 11 is 0. The maximum Gasteiger partial charge on any atom is 0.331 e. The molecule has 34 heavy (non-hydrogen) atoms. The number of hydrogen-bond acceptors (Lipinski definition) is 10. The van der Waals surface area contributed by atoms with E-state index in [-0.39, 0.29) is 5.75 Å². The number of benzene rings is 1. The first-order chi connectivity index (χ1) is 16.0. The Hall–Kier alpha value is -2.57. The third-order valence-corrected chi connectivity index (χ3v) is 6.13.